The van der Waals surface area contributed by atoms with Crippen molar-refractivity contribution in [3.63, 3.8) is 0 Å². The summed E-state index contributed by atoms with van der Waals surface area (Å²) in [5.41, 5.74) is 0.431. The van der Waals surface area contributed by atoms with Gasteiger partial charge in [-0.2, -0.15) is 0 Å². The Hall–Kier alpha value is -1.12. The fourth-order valence-corrected chi connectivity index (χ4v) is 4.08. The SMILES string of the molecule is CCCCCCCCOC(=O)c1ccc(P(=O)(O)CCCC)cc1. The van der Waals surface area contributed by atoms with Gasteiger partial charge in [-0.05, 0) is 37.1 Å². The molecule has 0 amide bonds. The number of rotatable bonds is 12. The van der Waals surface area contributed by atoms with Crippen molar-refractivity contribution in [3.05, 3.63) is 29.8 Å². The number of carbonyl (C=O) groups is 1. The first-order valence-corrected chi connectivity index (χ1v) is 10.9. The van der Waals surface area contributed by atoms with Crippen molar-refractivity contribution in [1.82, 2.24) is 0 Å². The van der Waals surface area contributed by atoms with Crippen LogP contribution in [-0.4, -0.2) is 23.6 Å². The van der Waals surface area contributed by atoms with Crippen molar-refractivity contribution in [3.8, 4) is 0 Å². The molecule has 1 rings (SSSR count). The van der Waals surface area contributed by atoms with Crippen LogP contribution in [0.2, 0.25) is 0 Å². The molecule has 24 heavy (non-hydrogen) atoms. The van der Waals surface area contributed by atoms with Gasteiger partial charge in [0.1, 0.15) is 0 Å². The lowest BCUT2D eigenvalue weighted by Gasteiger charge is -2.11. The first-order valence-electron chi connectivity index (χ1n) is 9.10. The van der Waals surface area contributed by atoms with Crippen LogP contribution in [0.4, 0.5) is 0 Å². The van der Waals surface area contributed by atoms with E-state index >= 15 is 0 Å². The summed E-state index contributed by atoms with van der Waals surface area (Å²) in [5, 5.41) is 0.406. The highest BCUT2D eigenvalue weighted by Gasteiger charge is 2.20. The minimum atomic E-state index is -3.30. The third-order valence-corrected chi connectivity index (χ3v) is 6.08. The van der Waals surface area contributed by atoms with Crippen LogP contribution >= 0.6 is 7.37 Å². The zero-order chi connectivity index (χ0) is 17.8. The van der Waals surface area contributed by atoms with Gasteiger partial charge in [0.15, 0.2) is 0 Å². The van der Waals surface area contributed by atoms with E-state index in [0.717, 1.165) is 25.7 Å². The Kier molecular flexibility index (Phi) is 9.97. The molecule has 0 bridgehead atoms. The van der Waals surface area contributed by atoms with Crippen LogP contribution in [0.15, 0.2) is 24.3 Å². The molecular formula is C19H31O4P. The van der Waals surface area contributed by atoms with Gasteiger partial charge in [-0.25, -0.2) is 4.79 Å². The summed E-state index contributed by atoms with van der Waals surface area (Å²) in [6.45, 7) is 4.61. The van der Waals surface area contributed by atoms with E-state index in [1.807, 2.05) is 6.92 Å². The van der Waals surface area contributed by atoms with E-state index in [9.17, 15) is 14.3 Å². The number of esters is 1. The molecule has 0 spiro atoms. The van der Waals surface area contributed by atoms with Gasteiger partial charge in [-0.3, -0.25) is 4.57 Å². The van der Waals surface area contributed by atoms with Crippen molar-refractivity contribution in [2.75, 3.05) is 12.8 Å². The summed E-state index contributed by atoms with van der Waals surface area (Å²) < 4.78 is 17.5. The van der Waals surface area contributed by atoms with E-state index in [1.54, 1.807) is 24.3 Å². The number of carbonyl (C=O) groups excluding carboxylic acids is 1. The zero-order valence-electron chi connectivity index (χ0n) is 15.0. The van der Waals surface area contributed by atoms with Gasteiger partial charge in [0.25, 0.3) is 0 Å². The van der Waals surface area contributed by atoms with E-state index in [-0.39, 0.29) is 12.1 Å². The van der Waals surface area contributed by atoms with Crippen molar-refractivity contribution in [2.24, 2.45) is 0 Å². The molecule has 0 saturated heterocycles. The zero-order valence-corrected chi connectivity index (χ0v) is 15.9. The standard InChI is InChI=1S/C19H31O4P/c1-3-5-7-8-9-10-15-23-19(20)17-11-13-18(14-12-17)24(21,22)16-6-4-2/h11-14H,3-10,15-16H2,1-2H3,(H,21,22). The lowest BCUT2D eigenvalue weighted by Crippen LogP contribution is -2.11. The van der Waals surface area contributed by atoms with Crippen LogP contribution in [0.5, 0.6) is 0 Å². The molecule has 1 atom stereocenters. The second-order valence-corrected chi connectivity index (χ2v) is 8.60. The molecule has 1 aromatic rings. The Labute approximate surface area is 146 Å². The Morgan fingerprint density at radius 2 is 1.54 bits per heavy atom. The largest absolute Gasteiger partial charge is 0.462 e. The average Bonchev–Trinajstić information content (AvgIpc) is 2.59. The van der Waals surface area contributed by atoms with Gasteiger partial charge in [0, 0.05) is 11.5 Å². The maximum absolute atomic E-state index is 12.2. The van der Waals surface area contributed by atoms with E-state index in [0.29, 0.717) is 17.5 Å². The van der Waals surface area contributed by atoms with Crippen LogP contribution in [0, 0.1) is 0 Å². The molecule has 1 aromatic carbocycles. The van der Waals surface area contributed by atoms with E-state index in [1.165, 1.54) is 25.7 Å². The molecule has 1 unspecified atom stereocenters. The van der Waals surface area contributed by atoms with Crippen molar-refractivity contribution < 1.29 is 19.0 Å². The van der Waals surface area contributed by atoms with Crippen molar-refractivity contribution in [1.29, 1.82) is 0 Å². The molecule has 0 aliphatic carbocycles. The van der Waals surface area contributed by atoms with Gasteiger partial charge in [-0.15, -0.1) is 0 Å². The summed E-state index contributed by atoms with van der Waals surface area (Å²) in [6, 6.07) is 6.29. The third-order valence-electron chi connectivity index (χ3n) is 4.05. The third kappa shape index (κ3) is 7.63. The van der Waals surface area contributed by atoms with E-state index in [4.69, 9.17) is 4.74 Å². The van der Waals surface area contributed by atoms with Gasteiger partial charge in [0.2, 0.25) is 7.37 Å². The first kappa shape index (κ1) is 20.9. The number of benzene rings is 1. The fraction of sp³-hybridized carbons (Fsp3) is 0.632. The summed E-state index contributed by atoms with van der Waals surface area (Å²) in [7, 11) is -3.30. The number of unbranched alkanes of at least 4 members (excludes halogenated alkanes) is 6. The molecule has 0 fully saturated rings. The molecule has 0 saturated carbocycles. The summed E-state index contributed by atoms with van der Waals surface area (Å²) >= 11 is 0. The summed E-state index contributed by atoms with van der Waals surface area (Å²) in [6.07, 6.45) is 8.76. The van der Waals surface area contributed by atoms with Gasteiger partial charge in [-0.1, -0.05) is 52.4 Å². The molecule has 0 heterocycles. The van der Waals surface area contributed by atoms with Gasteiger partial charge in [0.05, 0.1) is 12.2 Å². The van der Waals surface area contributed by atoms with Gasteiger partial charge < -0.3 is 9.63 Å². The quantitative estimate of drug-likeness (QED) is 0.329. The number of hydrogen-bond acceptors (Lipinski definition) is 3. The Bertz CT molecular complexity index is 525. The Morgan fingerprint density at radius 1 is 0.958 bits per heavy atom. The Morgan fingerprint density at radius 3 is 2.17 bits per heavy atom. The van der Waals surface area contributed by atoms with Crippen LogP contribution < -0.4 is 5.30 Å². The molecule has 5 heteroatoms. The second-order valence-electron chi connectivity index (χ2n) is 6.23. The predicted molar refractivity (Wildman–Crippen MR) is 99.3 cm³/mol. The topological polar surface area (TPSA) is 63.6 Å². The molecule has 0 aliphatic heterocycles. The molecule has 4 nitrogen and oxygen atoms in total. The smallest absolute Gasteiger partial charge is 0.338 e. The van der Waals surface area contributed by atoms with Crippen LogP contribution in [0.3, 0.4) is 0 Å². The predicted octanol–water partition coefficient (Wildman–Crippen LogP) is 4.90. The maximum atomic E-state index is 12.2. The number of hydrogen-bond donors (Lipinski definition) is 1. The van der Waals surface area contributed by atoms with E-state index < -0.39 is 7.37 Å². The highest BCUT2D eigenvalue weighted by Crippen LogP contribution is 2.40. The summed E-state index contributed by atoms with van der Waals surface area (Å²) in [5.74, 6) is -0.364. The second kappa shape index (κ2) is 11.4. The molecule has 136 valence electrons. The van der Waals surface area contributed by atoms with Crippen LogP contribution in [-0.2, 0) is 9.30 Å². The van der Waals surface area contributed by atoms with Crippen molar-refractivity contribution >= 4 is 18.6 Å². The maximum Gasteiger partial charge on any atom is 0.338 e. The van der Waals surface area contributed by atoms with Gasteiger partial charge >= 0.3 is 5.97 Å². The fourth-order valence-electron chi connectivity index (χ4n) is 2.46. The Balaban J connectivity index is 2.39. The minimum Gasteiger partial charge on any atom is -0.462 e. The summed E-state index contributed by atoms with van der Waals surface area (Å²) in [4.78, 5) is 22.0. The molecule has 0 aliphatic rings. The highest BCUT2D eigenvalue weighted by molar-refractivity contribution is 7.66. The lowest BCUT2D eigenvalue weighted by atomic mass is 10.1. The van der Waals surface area contributed by atoms with Crippen LogP contribution in [0.1, 0.15) is 75.6 Å². The molecule has 0 aromatic heterocycles. The lowest BCUT2D eigenvalue weighted by molar-refractivity contribution is 0.0497. The van der Waals surface area contributed by atoms with Crippen LogP contribution in [0.25, 0.3) is 0 Å². The average molecular weight is 354 g/mol. The molecule has 1 N–H and O–H groups in total. The van der Waals surface area contributed by atoms with E-state index in [2.05, 4.69) is 6.92 Å². The normalized spacial score (nSPS) is 13.5. The minimum absolute atomic E-state index is 0.283. The monoisotopic (exact) mass is 354 g/mol. The first-order chi connectivity index (χ1) is 11.5. The highest BCUT2D eigenvalue weighted by atomic mass is 31.2. The molecule has 0 radical (unpaired) electrons. The number of ether oxygens (including phenoxy) is 1. The molecular weight excluding hydrogens is 323 g/mol. The van der Waals surface area contributed by atoms with Crippen molar-refractivity contribution in [2.45, 2.75) is 65.2 Å².